The molecule has 0 saturated heterocycles. The minimum Gasteiger partial charge on any atom is -0.496 e. The molecule has 2 aromatic carbocycles. The molecule has 244 valence electrons. The molecule has 46 heavy (non-hydrogen) atoms. The van der Waals surface area contributed by atoms with Crippen LogP contribution >= 0.6 is 0 Å². The molecule has 2 heterocycles. The number of Topliss-reactive ketones (excluding diaryl/α,β-unsaturated/α-hetero) is 1. The van der Waals surface area contributed by atoms with Crippen LogP contribution in [0.4, 0.5) is 17.1 Å². The van der Waals surface area contributed by atoms with Crippen LogP contribution in [-0.4, -0.2) is 48.3 Å². The molecule has 0 atom stereocenters. The van der Waals surface area contributed by atoms with E-state index in [2.05, 4.69) is 57.1 Å². The van der Waals surface area contributed by atoms with Crippen LogP contribution < -0.4 is 9.64 Å². The number of carbonyl (C=O) groups excluding carboxylic acids is 1. The third kappa shape index (κ3) is 5.35. The Hall–Kier alpha value is -4.20. The molecular weight excluding hydrogens is 578 g/mol. The van der Waals surface area contributed by atoms with Crippen molar-refractivity contribution in [3.05, 3.63) is 92.4 Å². The standard InChI is InChI=1S/C38H48N3O5/c1-23(2)17-19-39-27-13-11-15-29(41(43)44)33(27)37(5,6)31(39)21-25-35(42)26(36(25)46-10)22-32-38(7,8)34-28(14-12-16-30(34)45-9)40(32)20-18-24(3)4/h11-16,21-24H,17-20H2,1-10H3/q+1. The Morgan fingerprint density at radius 3 is 2.20 bits per heavy atom. The fourth-order valence-electron chi connectivity index (χ4n) is 7.24. The first-order chi connectivity index (χ1) is 21.7. The quantitative estimate of drug-likeness (QED) is 0.108. The second kappa shape index (κ2) is 12.2. The average molecular weight is 627 g/mol. The lowest BCUT2D eigenvalue weighted by molar-refractivity contribution is -0.439. The summed E-state index contributed by atoms with van der Waals surface area (Å²) in [6.45, 7) is 18.6. The molecule has 8 heteroatoms. The minimum atomic E-state index is -0.699. The molecule has 0 N–H and O–H groups in total. The van der Waals surface area contributed by atoms with Crippen LogP contribution in [-0.2, 0) is 20.4 Å². The minimum absolute atomic E-state index is 0.0931. The molecule has 0 bridgehead atoms. The van der Waals surface area contributed by atoms with Gasteiger partial charge >= 0.3 is 0 Å². The molecule has 0 unspecified atom stereocenters. The van der Waals surface area contributed by atoms with Crippen molar-refractivity contribution in [2.75, 3.05) is 32.2 Å². The van der Waals surface area contributed by atoms with E-state index >= 15 is 0 Å². The summed E-state index contributed by atoms with van der Waals surface area (Å²) in [5.74, 6) is 2.23. The highest BCUT2D eigenvalue weighted by molar-refractivity contribution is 6.24. The zero-order valence-corrected chi connectivity index (χ0v) is 29.0. The molecule has 0 radical (unpaired) electrons. The van der Waals surface area contributed by atoms with Crippen molar-refractivity contribution < 1.29 is 23.8 Å². The summed E-state index contributed by atoms with van der Waals surface area (Å²) >= 11 is 0. The number of hydrogen-bond donors (Lipinski definition) is 0. The Bertz CT molecular complexity index is 1720. The molecule has 0 spiro atoms. The first kappa shape index (κ1) is 33.2. The number of fused-ring (bicyclic) bond motifs is 2. The third-order valence-corrected chi connectivity index (χ3v) is 9.74. The van der Waals surface area contributed by atoms with E-state index in [1.807, 2.05) is 44.2 Å². The number of methoxy groups -OCH3 is 2. The Labute approximate surface area is 273 Å². The number of allylic oxidation sites excluding steroid dienone is 5. The summed E-state index contributed by atoms with van der Waals surface area (Å²) in [5.41, 5.74) is 5.60. The summed E-state index contributed by atoms with van der Waals surface area (Å²) < 4.78 is 14.1. The fourth-order valence-corrected chi connectivity index (χ4v) is 7.24. The van der Waals surface area contributed by atoms with Gasteiger partial charge < -0.3 is 14.4 Å². The molecule has 0 aromatic heterocycles. The first-order valence-electron chi connectivity index (χ1n) is 16.3. The highest BCUT2D eigenvalue weighted by atomic mass is 16.6. The predicted octanol–water partition coefficient (Wildman–Crippen LogP) is 8.16. The van der Waals surface area contributed by atoms with Crippen molar-refractivity contribution in [3.8, 4) is 5.75 Å². The van der Waals surface area contributed by atoms with Gasteiger partial charge in [0.05, 0.1) is 52.5 Å². The average Bonchev–Trinajstić information content (AvgIpc) is 3.35. The lowest BCUT2D eigenvalue weighted by atomic mass is 9.77. The highest BCUT2D eigenvalue weighted by Crippen LogP contribution is 2.53. The Morgan fingerprint density at radius 2 is 1.59 bits per heavy atom. The molecular formula is C38H48N3O5+. The van der Waals surface area contributed by atoms with E-state index in [1.165, 1.54) is 0 Å². The fraction of sp³-hybridized carbons (Fsp3) is 0.474. The van der Waals surface area contributed by atoms with Crippen molar-refractivity contribution >= 4 is 28.6 Å². The predicted molar refractivity (Wildman–Crippen MR) is 183 cm³/mol. The molecule has 2 aliphatic heterocycles. The van der Waals surface area contributed by atoms with Gasteiger partial charge in [-0.2, -0.15) is 4.58 Å². The van der Waals surface area contributed by atoms with Gasteiger partial charge in [0.25, 0.3) is 5.69 Å². The van der Waals surface area contributed by atoms with E-state index in [0.717, 1.165) is 53.5 Å². The van der Waals surface area contributed by atoms with E-state index in [0.29, 0.717) is 40.8 Å². The summed E-state index contributed by atoms with van der Waals surface area (Å²) in [6, 6.07) is 11.4. The third-order valence-electron chi connectivity index (χ3n) is 9.74. The summed E-state index contributed by atoms with van der Waals surface area (Å²) in [6.07, 6.45) is 5.79. The largest absolute Gasteiger partial charge is 0.496 e. The number of nitrogens with zero attached hydrogens (tertiary/aromatic N) is 3. The first-order valence-corrected chi connectivity index (χ1v) is 16.3. The van der Waals surface area contributed by atoms with E-state index in [9.17, 15) is 14.9 Å². The Kier molecular flexibility index (Phi) is 8.79. The molecule has 0 fully saturated rings. The van der Waals surface area contributed by atoms with Gasteiger partial charge in [0, 0.05) is 42.3 Å². The maximum absolute atomic E-state index is 14.1. The molecule has 0 saturated carbocycles. The van der Waals surface area contributed by atoms with Gasteiger partial charge in [-0.15, -0.1) is 0 Å². The van der Waals surface area contributed by atoms with E-state index in [4.69, 9.17) is 9.47 Å². The topological polar surface area (TPSA) is 84.9 Å². The number of ketones is 1. The van der Waals surface area contributed by atoms with Gasteiger partial charge in [-0.1, -0.05) is 39.8 Å². The number of ether oxygens (including phenoxy) is 2. The molecule has 1 aliphatic carbocycles. The van der Waals surface area contributed by atoms with Crippen LogP contribution in [0.3, 0.4) is 0 Å². The summed E-state index contributed by atoms with van der Waals surface area (Å²) in [5, 5.41) is 12.1. The van der Waals surface area contributed by atoms with Crippen molar-refractivity contribution in [3.63, 3.8) is 0 Å². The van der Waals surface area contributed by atoms with Gasteiger partial charge in [-0.3, -0.25) is 14.9 Å². The van der Waals surface area contributed by atoms with Crippen LogP contribution in [0.1, 0.15) is 79.4 Å². The van der Waals surface area contributed by atoms with Crippen molar-refractivity contribution in [1.29, 1.82) is 0 Å². The van der Waals surface area contributed by atoms with Crippen molar-refractivity contribution in [2.45, 2.75) is 79.1 Å². The van der Waals surface area contributed by atoms with Crippen molar-refractivity contribution in [1.82, 2.24) is 0 Å². The maximum atomic E-state index is 14.1. The summed E-state index contributed by atoms with van der Waals surface area (Å²) in [7, 11) is 3.30. The Morgan fingerprint density at radius 1 is 0.913 bits per heavy atom. The van der Waals surface area contributed by atoms with Crippen LogP contribution in [0.15, 0.2) is 71.2 Å². The van der Waals surface area contributed by atoms with E-state index in [-0.39, 0.29) is 16.4 Å². The number of nitro groups is 1. The number of nitro benzene ring substituents is 1. The number of benzene rings is 2. The molecule has 0 amide bonds. The number of rotatable bonds is 11. The number of carbonyl (C=O) groups is 1. The van der Waals surface area contributed by atoms with Gasteiger partial charge in [0.15, 0.2) is 5.71 Å². The monoisotopic (exact) mass is 626 g/mol. The molecule has 5 rings (SSSR count). The molecule has 3 aliphatic rings. The summed E-state index contributed by atoms with van der Waals surface area (Å²) in [4.78, 5) is 28.1. The normalized spacial score (nSPS) is 19.8. The van der Waals surface area contributed by atoms with Crippen LogP contribution in [0.25, 0.3) is 0 Å². The zero-order chi connectivity index (χ0) is 33.7. The van der Waals surface area contributed by atoms with Crippen LogP contribution in [0, 0.1) is 22.0 Å². The Balaban J connectivity index is 1.65. The number of hydrogen-bond acceptors (Lipinski definition) is 6. The number of anilines is 1. The smallest absolute Gasteiger partial charge is 0.275 e. The van der Waals surface area contributed by atoms with Gasteiger partial charge in [-0.25, -0.2) is 0 Å². The van der Waals surface area contributed by atoms with Crippen LogP contribution in [0.2, 0.25) is 0 Å². The molecule has 8 nitrogen and oxygen atoms in total. The zero-order valence-electron chi connectivity index (χ0n) is 29.0. The lowest BCUT2D eigenvalue weighted by Crippen LogP contribution is -2.33. The second-order valence-electron chi connectivity index (χ2n) is 14.4. The lowest BCUT2D eigenvalue weighted by Gasteiger charge is -2.30. The maximum Gasteiger partial charge on any atom is 0.275 e. The van der Waals surface area contributed by atoms with Gasteiger partial charge in [0.2, 0.25) is 11.5 Å². The highest BCUT2D eigenvalue weighted by Gasteiger charge is 2.50. The van der Waals surface area contributed by atoms with Gasteiger partial charge in [-0.05, 0) is 64.2 Å². The van der Waals surface area contributed by atoms with E-state index < -0.39 is 10.8 Å². The van der Waals surface area contributed by atoms with E-state index in [1.54, 1.807) is 26.4 Å². The van der Waals surface area contributed by atoms with Gasteiger partial charge in [0.1, 0.15) is 18.1 Å². The molecule has 2 aromatic rings. The van der Waals surface area contributed by atoms with Crippen molar-refractivity contribution in [2.24, 2.45) is 11.8 Å². The second-order valence-corrected chi connectivity index (χ2v) is 14.4. The SMILES string of the molecule is COC1=C(/C=C2\N(CCC(C)C)c3cccc([N+](=O)[O-])c3C2(C)C)C(=O)/C1=C/C1=[N+](CCC(C)C)c2cccc(OC)c2C1(C)C. The van der Waals surface area contributed by atoms with Crippen LogP contribution in [0.5, 0.6) is 5.75 Å².